The maximum Gasteiger partial charge on any atom is 0.0900 e. The molecule has 38 heavy (non-hydrogen) atoms. The molecule has 0 saturated heterocycles. The van der Waals surface area contributed by atoms with Gasteiger partial charge in [0, 0.05) is 35.9 Å². The molecule has 0 fully saturated rings. The van der Waals surface area contributed by atoms with Crippen LogP contribution >= 0.6 is 0 Å². The number of hydrogen-bond donors (Lipinski definition) is 0. The van der Waals surface area contributed by atoms with Crippen LogP contribution in [-0.2, 0) is 0 Å². The van der Waals surface area contributed by atoms with E-state index in [1.165, 1.54) is 0 Å². The summed E-state index contributed by atoms with van der Waals surface area (Å²) in [6.45, 7) is 5.04. The van der Waals surface area contributed by atoms with E-state index in [1.807, 2.05) is 42.5 Å². The standard InChI is InChI=1S/C34H26N4/c1-25-11-3-2-10-22-38(34-15-5-4-12-29(25)34)28-18-16-26(17-19-28)27-23-32(30-13-6-8-20-35-30)37-33(24-27)31-14-7-9-21-36-31/h2-21,23-24H,1,22H2/b10-2-,11-3-. The largest absolute Gasteiger partial charge is 0.337 e. The van der Waals surface area contributed by atoms with Gasteiger partial charge in [-0.05, 0) is 71.3 Å². The highest BCUT2D eigenvalue weighted by Gasteiger charge is 2.15. The zero-order valence-electron chi connectivity index (χ0n) is 20.9. The first-order valence-corrected chi connectivity index (χ1v) is 12.6. The topological polar surface area (TPSA) is 41.9 Å². The lowest BCUT2D eigenvalue weighted by Crippen LogP contribution is -2.18. The van der Waals surface area contributed by atoms with Gasteiger partial charge >= 0.3 is 0 Å². The van der Waals surface area contributed by atoms with Crippen molar-refractivity contribution in [2.24, 2.45) is 0 Å². The van der Waals surface area contributed by atoms with Gasteiger partial charge in [0.25, 0.3) is 0 Å². The molecule has 1 aliphatic heterocycles. The normalized spacial score (nSPS) is 14.6. The van der Waals surface area contributed by atoms with Gasteiger partial charge in [-0.3, -0.25) is 9.97 Å². The van der Waals surface area contributed by atoms with Gasteiger partial charge in [-0.2, -0.15) is 0 Å². The van der Waals surface area contributed by atoms with Crippen LogP contribution in [0.25, 0.3) is 39.5 Å². The number of para-hydroxylation sites is 1. The third-order valence-corrected chi connectivity index (χ3v) is 6.57. The molecule has 2 aromatic carbocycles. The molecule has 0 aliphatic carbocycles. The zero-order chi connectivity index (χ0) is 25.7. The van der Waals surface area contributed by atoms with Gasteiger partial charge in [0.2, 0.25) is 0 Å². The van der Waals surface area contributed by atoms with E-state index < -0.39 is 0 Å². The highest BCUT2D eigenvalue weighted by molar-refractivity contribution is 5.85. The lowest BCUT2D eigenvalue weighted by molar-refractivity contribution is 1.09. The fraction of sp³-hybridized carbons (Fsp3) is 0.0294. The third kappa shape index (κ3) is 4.80. The lowest BCUT2D eigenvalue weighted by Gasteiger charge is -2.26. The van der Waals surface area contributed by atoms with E-state index in [9.17, 15) is 0 Å². The van der Waals surface area contributed by atoms with Crippen molar-refractivity contribution in [3.8, 4) is 33.9 Å². The predicted molar refractivity (Wildman–Crippen MR) is 157 cm³/mol. The number of anilines is 2. The summed E-state index contributed by atoms with van der Waals surface area (Å²) in [5, 5.41) is 0. The molecule has 0 spiro atoms. The molecule has 1 aliphatic rings. The van der Waals surface area contributed by atoms with Gasteiger partial charge in [-0.15, -0.1) is 0 Å². The minimum Gasteiger partial charge on any atom is -0.337 e. The van der Waals surface area contributed by atoms with Crippen LogP contribution in [0.2, 0.25) is 0 Å². The molecule has 6 rings (SSSR count). The minimum atomic E-state index is 0.761. The maximum absolute atomic E-state index is 4.90. The number of benzene rings is 2. The van der Waals surface area contributed by atoms with Crippen LogP contribution < -0.4 is 4.90 Å². The fourth-order valence-corrected chi connectivity index (χ4v) is 4.65. The maximum atomic E-state index is 4.90. The second-order valence-electron chi connectivity index (χ2n) is 9.04. The van der Waals surface area contributed by atoms with Crippen LogP contribution in [0.1, 0.15) is 5.56 Å². The Balaban J connectivity index is 1.41. The van der Waals surface area contributed by atoms with Gasteiger partial charge in [-0.25, -0.2) is 4.98 Å². The Kier molecular flexibility index (Phi) is 6.44. The first kappa shape index (κ1) is 23.3. The van der Waals surface area contributed by atoms with E-state index in [4.69, 9.17) is 4.98 Å². The van der Waals surface area contributed by atoms with Crippen molar-refractivity contribution in [3.05, 3.63) is 146 Å². The van der Waals surface area contributed by atoms with Crippen molar-refractivity contribution in [1.29, 1.82) is 0 Å². The number of hydrogen-bond acceptors (Lipinski definition) is 4. The van der Waals surface area contributed by atoms with E-state index in [2.05, 4.69) is 100 Å². The molecule has 3 aromatic heterocycles. The lowest BCUT2D eigenvalue weighted by atomic mass is 10.0. The molecule has 5 aromatic rings. The molecule has 0 atom stereocenters. The van der Waals surface area contributed by atoms with Crippen molar-refractivity contribution in [3.63, 3.8) is 0 Å². The Labute approximate surface area is 223 Å². The summed E-state index contributed by atoms with van der Waals surface area (Å²) in [6, 6.07) is 33.1. The molecule has 4 heteroatoms. The Morgan fingerprint density at radius 2 is 1.29 bits per heavy atom. The number of nitrogens with zero attached hydrogens (tertiary/aromatic N) is 4. The number of fused-ring (bicyclic) bond motifs is 1. The van der Waals surface area contributed by atoms with Crippen molar-refractivity contribution in [2.45, 2.75) is 0 Å². The Morgan fingerprint density at radius 1 is 0.632 bits per heavy atom. The SMILES string of the molecule is C=C1/C=C\C=C/CN(c2ccc(-c3cc(-c4ccccn4)nc(-c4ccccn4)c3)cc2)c2ccccc21. The molecule has 0 radical (unpaired) electrons. The number of allylic oxidation sites excluding steroid dienone is 4. The third-order valence-electron chi connectivity index (χ3n) is 6.57. The molecule has 0 bridgehead atoms. The van der Waals surface area contributed by atoms with E-state index in [0.29, 0.717) is 0 Å². The molecule has 0 N–H and O–H groups in total. The van der Waals surface area contributed by atoms with Crippen LogP contribution in [0, 0.1) is 0 Å². The van der Waals surface area contributed by atoms with E-state index in [0.717, 1.165) is 63.0 Å². The van der Waals surface area contributed by atoms with Crippen LogP contribution in [-0.4, -0.2) is 21.5 Å². The van der Waals surface area contributed by atoms with Gasteiger partial charge < -0.3 is 4.90 Å². The van der Waals surface area contributed by atoms with Crippen molar-refractivity contribution in [1.82, 2.24) is 15.0 Å². The van der Waals surface area contributed by atoms with Crippen molar-refractivity contribution >= 4 is 16.9 Å². The second-order valence-corrected chi connectivity index (χ2v) is 9.04. The summed E-state index contributed by atoms with van der Waals surface area (Å²) in [5.41, 5.74) is 9.84. The van der Waals surface area contributed by atoms with Crippen LogP contribution in [0.15, 0.2) is 140 Å². The first-order valence-electron chi connectivity index (χ1n) is 12.6. The predicted octanol–water partition coefficient (Wildman–Crippen LogP) is 8.15. The minimum absolute atomic E-state index is 0.761. The molecular formula is C34H26N4. The highest BCUT2D eigenvalue weighted by Crippen LogP contribution is 2.35. The van der Waals surface area contributed by atoms with Crippen LogP contribution in [0.5, 0.6) is 0 Å². The average molecular weight is 491 g/mol. The summed E-state index contributed by atoms with van der Waals surface area (Å²) in [5.74, 6) is 0. The number of aromatic nitrogens is 3. The molecule has 4 heterocycles. The first-order chi connectivity index (χ1) is 18.8. The molecule has 182 valence electrons. The van der Waals surface area contributed by atoms with Crippen LogP contribution in [0.3, 0.4) is 0 Å². The number of rotatable bonds is 4. The number of pyridine rings is 3. The smallest absolute Gasteiger partial charge is 0.0900 e. The average Bonchev–Trinajstić information content (AvgIpc) is 3.07. The highest BCUT2D eigenvalue weighted by atomic mass is 15.1. The van der Waals surface area contributed by atoms with E-state index in [-0.39, 0.29) is 0 Å². The molecule has 4 nitrogen and oxygen atoms in total. The Bertz CT molecular complexity index is 1580. The van der Waals surface area contributed by atoms with E-state index in [1.54, 1.807) is 12.4 Å². The molecular weight excluding hydrogens is 464 g/mol. The summed E-state index contributed by atoms with van der Waals surface area (Å²) in [6.07, 6.45) is 11.9. The fourth-order valence-electron chi connectivity index (χ4n) is 4.65. The van der Waals surface area contributed by atoms with Gasteiger partial charge in [-0.1, -0.05) is 73.3 Å². The van der Waals surface area contributed by atoms with Crippen molar-refractivity contribution < 1.29 is 0 Å². The summed E-state index contributed by atoms with van der Waals surface area (Å²) >= 11 is 0. The Hall–Kier alpha value is -5.09. The quantitative estimate of drug-likeness (QED) is 0.255. The van der Waals surface area contributed by atoms with E-state index >= 15 is 0 Å². The second kappa shape index (κ2) is 10.5. The van der Waals surface area contributed by atoms with Gasteiger partial charge in [0.05, 0.1) is 22.8 Å². The van der Waals surface area contributed by atoms with Crippen LogP contribution in [0.4, 0.5) is 11.4 Å². The Morgan fingerprint density at radius 3 is 1.95 bits per heavy atom. The van der Waals surface area contributed by atoms with Gasteiger partial charge in [0.15, 0.2) is 0 Å². The van der Waals surface area contributed by atoms with Gasteiger partial charge in [0.1, 0.15) is 0 Å². The summed E-state index contributed by atoms with van der Waals surface area (Å²) in [7, 11) is 0. The summed E-state index contributed by atoms with van der Waals surface area (Å²) < 4.78 is 0. The monoisotopic (exact) mass is 490 g/mol. The summed E-state index contributed by atoms with van der Waals surface area (Å²) in [4.78, 5) is 16.3. The molecule has 0 saturated carbocycles. The van der Waals surface area contributed by atoms with Crippen molar-refractivity contribution in [2.75, 3.05) is 11.4 Å². The molecule has 0 unspecified atom stereocenters. The molecule has 0 amide bonds. The zero-order valence-corrected chi connectivity index (χ0v) is 20.9.